The Labute approximate surface area is 113 Å². The maximum atomic E-state index is 11.8. The van der Waals surface area contributed by atoms with Crippen molar-refractivity contribution in [1.29, 1.82) is 5.26 Å². The number of hydrogen-bond acceptors (Lipinski definition) is 4. The Bertz CT molecular complexity index is 527. The molecule has 1 N–H and O–H groups in total. The van der Waals surface area contributed by atoms with E-state index in [-0.39, 0.29) is 23.1 Å². The predicted octanol–water partition coefficient (Wildman–Crippen LogP) is 1.94. The van der Waals surface area contributed by atoms with E-state index in [1.807, 2.05) is 19.9 Å². The fraction of sp³-hybridized carbons (Fsp3) is 0.571. The van der Waals surface area contributed by atoms with Crippen molar-refractivity contribution in [2.24, 2.45) is 0 Å². The van der Waals surface area contributed by atoms with E-state index in [1.165, 1.54) is 10.6 Å². The van der Waals surface area contributed by atoms with E-state index in [2.05, 4.69) is 0 Å². The highest BCUT2D eigenvalue weighted by Crippen LogP contribution is 2.17. The van der Waals surface area contributed by atoms with Gasteiger partial charge in [-0.1, -0.05) is 0 Å². The molecule has 0 amide bonds. The van der Waals surface area contributed by atoms with Gasteiger partial charge in [0.1, 0.15) is 11.6 Å². The van der Waals surface area contributed by atoms with Crippen molar-refractivity contribution in [3.63, 3.8) is 0 Å². The minimum Gasteiger partial charge on any atom is -0.493 e. The van der Waals surface area contributed by atoms with Crippen LogP contribution in [-0.4, -0.2) is 22.4 Å². The maximum Gasteiger partial charge on any atom is 0.253 e. The zero-order valence-corrected chi connectivity index (χ0v) is 11.6. The number of aromatic hydroxyl groups is 1. The van der Waals surface area contributed by atoms with E-state index in [0.717, 1.165) is 6.42 Å². The van der Waals surface area contributed by atoms with Gasteiger partial charge in [0.25, 0.3) is 5.56 Å². The van der Waals surface area contributed by atoms with Crippen LogP contribution in [0.4, 0.5) is 0 Å². The molecule has 0 bridgehead atoms. The van der Waals surface area contributed by atoms with E-state index in [0.29, 0.717) is 25.1 Å². The Balaban J connectivity index is 2.69. The average Bonchev–Trinajstić information content (AvgIpc) is 2.32. The largest absolute Gasteiger partial charge is 0.493 e. The Morgan fingerprint density at radius 1 is 1.47 bits per heavy atom. The van der Waals surface area contributed by atoms with E-state index in [9.17, 15) is 9.90 Å². The number of hydrogen-bond donors (Lipinski definition) is 1. The van der Waals surface area contributed by atoms with Crippen LogP contribution in [-0.2, 0) is 11.3 Å². The van der Waals surface area contributed by atoms with Crippen molar-refractivity contribution in [2.75, 3.05) is 6.61 Å². The van der Waals surface area contributed by atoms with Gasteiger partial charge in [0.2, 0.25) is 5.88 Å². The van der Waals surface area contributed by atoms with E-state index in [1.54, 1.807) is 6.92 Å². The Morgan fingerprint density at radius 3 is 2.74 bits per heavy atom. The summed E-state index contributed by atoms with van der Waals surface area (Å²) in [6.07, 6.45) is 1.72. The normalized spacial score (nSPS) is 10.7. The van der Waals surface area contributed by atoms with Crippen LogP contribution in [0.2, 0.25) is 0 Å². The van der Waals surface area contributed by atoms with Crippen molar-refractivity contribution in [3.8, 4) is 11.9 Å². The lowest BCUT2D eigenvalue weighted by atomic mass is 10.1. The van der Waals surface area contributed by atoms with Gasteiger partial charge in [0.15, 0.2) is 0 Å². The van der Waals surface area contributed by atoms with Gasteiger partial charge in [-0.05, 0) is 39.2 Å². The molecule has 1 heterocycles. The summed E-state index contributed by atoms with van der Waals surface area (Å²) >= 11 is 0. The molecule has 19 heavy (non-hydrogen) atoms. The molecule has 5 nitrogen and oxygen atoms in total. The number of aryl methyl sites for hydroxylation is 1. The van der Waals surface area contributed by atoms with Crippen LogP contribution in [0, 0.1) is 18.3 Å². The van der Waals surface area contributed by atoms with Gasteiger partial charge < -0.3 is 9.84 Å². The number of unbranched alkanes of at least 4 members (excludes halogenated alkanes) is 1. The second kappa shape index (κ2) is 6.95. The molecule has 0 aromatic carbocycles. The first kappa shape index (κ1) is 15.3. The summed E-state index contributed by atoms with van der Waals surface area (Å²) in [5.74, 6) is -0.239. The van der Waals surface area contributed by atoms with Gasteiger partial charge in [0.05, 0.1) is 6.10 Å². The van der Waals surface area contributed by atoms with Gasteiger partial charge in [-0.2, -0.15) is 5.26 Å². The molecule has 0 saturated heterocycles. The Kier molecular flexibility index (Phi) is 5.58. The summed E-state index contributed by atoms with van der Waals surface area (Å²) in [6.45, 7) is 6.59. The molecule has 1 aromatic heterocycles. The van der Waals surface area contributed by atoms with E-state index >= 15 is 0 Å². The summed E-state index contributed by atoms with van der Waals surface area (Å²) in [7, 11) is 0. The quantitative estimate of drug-likeness (QED) is 0.797. The standard InChI is InChI=1S/C14H20N2O3/c1-10(2)19-7-5-4-6-16-13(17)8-11(3)12(9-15)14(16)18/h8,10,18H,4-7H2,1-3H3. The third-order valence-corrected chi connectivity index (χ3v) is 2.82. The molecule has 0 aliphatic carbocycles. The summed E-state index contributed by atoms with van der Waals surface area (Å²) in [5, 5.41) is 18.8. The first-order valence-electron chi connectivity index (χ1n) is 6.42. The van der Waals surface area contributed by atoms with E-state index < -0.39 is 0 Å². The van der Waals surface area contributed by atoms with Crippen molar-refractivity contribution in [1.82, 2.24) is 4.57 Å². The lowest BCUT2D eigenvalue weighted by Crippen LogP contribution is -2.21. The number of ether oxygens (including phenoxy) is 1. The molecular formula is C14H20N2O3. The minimum atomic E-state index is -0.279. The maximum absolute atomic E-state index is 11.8. The molecule has 1 aromatic rings. The number of pyridine rings is 1. The molecule has 0 atom stereocenters. The fourth-order valence-electron chi connectivity index (χ4n) is 1.80. The average molecular weight is 264 g/mol. The van der Waals surface area contributed by atoms with Gasteiger partial charge in [0, 0.05) is 19.2 Å². The van der Waals surface area contributed by atoms with Crippen LogP contribution in [0.5, 0.6) is 5.88 Å². The van der Waals surface area contributed by atoms with Crippen molar-refractivity contribution < 1.29 is 9.84 Å². The smallest absolute Gasteiger partial charge is 0.253 e. The number of nitrogens with zero attached hydrogens (tertiary/aromatic N) is 2. The zero-order chi connectivity index (χ0) is 14.4. The summed E-state index contributed by atoms with van der Waals surface area (Å²) in [5.41, 5.74) is 0.390. The predicted molar refractivity (Wildman–Crippen MR) is 72.1 cm³/mol. The molecule has 0 aliphatic rings. The second-order valence-corrected chi connectivity index (χ2v) is 4.75. The molecule has 0 unspecified atom stereocenters. The number of rotatable bonds is 6. The lowest BCUT2D eigenvalue weighted by Gasteiger charge is -2.11. The third kappa shape index (κ3) is 4.11. The van der Waals surface area contributed by atoms with Gasteiger partial charge in [-0.15, -0.1) is 0 Å². The molecule has 104 valence electrons. The zero-order valence-electron chi connectivity index (χ0n) is 11.6. The fourth-order valence-corrected chi connectivity index (χ4v) is 1.80. The van der Waals surface area contributed by atoms with Crippen molar-refractivity contribution in [3.05, 3.63) is 27.5 Å². The molecule has 0 spiro atoms. The summed E-state index contributed by atoms with van der Waals surface area (Å²) < 4.78 is 6.64. The molecule has 5 heteroatoms. The summed E-state index contributed by atoms with van der Waals surface area (Å²) in [4.78, 5) is 11.8. The molecule has 0 saturated carbocycles. The highest BCUT2D eigenvalue weighted by molar-refractivity contribution is 5.43. The Morgan fingerprint density at radius 2 is 2.16 bits per heavy atom. The molecule has 0 aliphatic heterocycles. The van der Waals surface area contributed by atoms with Crippen LogP contribution in [0.3, 0.4) is 0 Å². The third-order valence-electron chi connectivity index (χ3n) is 2.82. The van der Waals surface area contributed by atoms with Crippen LogP contribution < -0.4 is 5.56 Å². The topological polar surface area (TPSA) is 75.2 Å². The highest BCUT2D eigenvalue weighted by atomic mass is 16.5. The number of aromatic nitrogens is 1. The minimum absolute atomic E-state index is 0.165. The molecule has 1 rings (SSSR count). The van der Waals surface area contributed by atoms with E-state index in [4.69, 9.17) is 10.00 Å². The van der Waals surface area contributed by atoms with Crippen molar-refractivity contribution >= 4 is 0 Å². The molecule has 0 radical (unpaired) electrons. The highest BCUT2D eigenvalue weighted by Gasteiger charge is 2.11. The van der Waals surface area contributed by atoms with Gasteiger partial charge >= 0.3 is 0 Å². The van der Waals surface area contributed by atoms with Crippen molar-refractivity contribution in [2.45, 2.75) is 46.3 Å². The summed E-state index contributed by atoms with van der Waals surface area (Å²) in [6, 6.07) is 3.29. The van der Waals surface area contributed by atoms with Gasteiger partial charge in [-0.25, -0.2) is 0 Å². The van der Waals surface area contributed by atoms with Gasteiger partial charge in [-0.3, -0.25) is 9.36 Å². The van der Waals surface area contributed by atoms with Crippen LogP contribution in [0.1, 0.15) is 37.8 Å². The SMILES string of the molecule is Cc1cc(=O)n(CCCCOC(C)C)c(O)c1C#N. The second-order valence-electron chi connectivity index (χ2n) is 4.75. The molecule has 0 fully saturated rings. The number of nitriles is 1. The first-order valence-corrected chi connectivity index (χ1v) is 6.42. The lowest BCUT2D eigenvalue weighted by molar-refractivity contribution is 0.0753. The first-order chi connectivity index (χ1) is 8.97. The monoisotopic (exact) mass is 264 g/mol. The Hall–Kier alpha value is -1.80. The van der Waals surface area contributed by atoms with Crippen LogP contribution in [0.25, 0.3) is 0 Å². The van der Waals surface area contributed by atoms with Crippen LogP contribution >= 0.6 is 0 Å². The van der Waals surface area contributed by atoms with Crippen LogP contribution in [0.15, 0.2) is 10.9 Å². The molecular weight excluding hydrogens is 244 g/mol.